The van der Waals surface area contributed by atoms with Gasteiger partial charge in [-0.05, 0) is 61.9 Å². The minimum atomic E-state index is 0.566. The highest BCUT2D eigenvalue weighted by atomic mass is 32.1. The molecule has 0 amide bonds. The lowest BCUT2D eigenvalue weighted by atomic mass is 9.97. The van der Waals surface area contributed by atoms with Gasteiger partial charge in [0.1, 0.15) is 0 Å². The Morgan fingerprint density at radius 1 is 1.29 bits per heavy atom. The SMILES string of the molecule is CC(Cc1cccs1)N(C)Cc1cccc2c1CCCN2. The van der Waals surface area contributed by atoms with Crippen LogP contribution in [0.4, 0.5) is 5.69 Å². The summed E-state index contributed by atoms with van der Waals surface area (Å²) >= 11 is 1.86. The number of anilines is 1. The van der Waals surface area contributed by atoms with E-state index in [-0.39, 0.29) is 0 Å². The second-order valence-electron chi connectivity index (χ2n) is 6.02. The molecule has 2 heterocycles. The van der Waals surface area contributed by atoms with E-state index in [9.17, 15) is 0 Å². The minimum absolute atomic E-state index is 0.566. The van der Waals surface area contributed by atoms with Gasteiger partial charge < -0.3 is 5.32 Å². The lowest BCUT2D eigenvalue weighted by Gasteiger charge is -2.27. The van der Waals surface area contributed by atoms with Crippen molar-refractivity contribution in [1.29, 1.82) is 0 Å². The molecule has 2 nitrogen and oxygen atoms in total. The van der Waals surface area contributed by atoms with Crippen LogP contribution >= 0.6 is 11.3 Å². The number of nitrogens with zero attached hydrogens (tertiary/aromatic N) is 1. The van der Waals surface area contributed by atoms with Gasteiger partial charge in [-0.3, -0.25) is 4.90 Å². The Labute approximate surface area is 131 Å². The van der Waals surface area contributed by atoms with Crippen LogP contribution in [0.2, 0.25) is 0 Å². The van der Waals surface area contributed by atoms with Crippen molar-refractivity contribution in [3.05, 3.63) is 51.7 Å². The van der Waals surface area contributed by atoms with Gasteiger partial charge in [0.15, 0.2) is 0 Å². The first-order valence-electron chi connectivity index (χ1n) is 7.81. The summed E-state index contributed by atoms with van der Waals surface area (Å²) in [5, 5.41) is 5.69. The first-order valence-corrected chi connectivity index (χ1v) is 8.69. The number of thiophene rings is 1. The number of rotatable bonds is 5. The van der Waals surface area contributed by atoms with E-state index < -0.39 is 0 Å². The molecule has 0 spiro atoms. The Bertz CT molecular complexity index is 577. The summed E-state index contributed by atoms with van der Waals surface area (Å²) in [7, 11) is 2.24. The molecule has 1 aromatic heterocycles. The van der Waals surface area contributed by atoms with E-state index in [0.717, 1.165) is 19.5 Å². The predicted molar refractivity (Wildman–Crippen MR) is 92.2 cm³/mol. The monoisotopic (exact) mass is 300 g/mol. The lowest BCUT2D eigenvalue weighted by Crippen LogP contribution is -2.30. The Balaban J connectivity index is 1.68. The van der Waals surface area contributed by atoms with Crippen molar-refractivity contribution in [2.45, 2.75) is 38.8 Å². The average Bonchev–Trinajstić information content (AvgIpc) is 3.00. The van der Waals surface area contributed by atoms with Crippen molar-refractivity contribution >= 4 is 17.0 Å². The first-order chi connectivity index (χ1) is 10.2. The molecule has 21 heavy (non-hydrogen) atoms. The van der Waals surface area contributed by atoms with Gasteiger partial charge in [0.05, 0.1) is 0 Å². The number of benzene rings is 1. The smallest absolute Gasteiger partial charge is 0.0375 e. The van der Waals surface area contributed by atoms with Gasteiger partial charge in [-0.15, -0.1) is 11.3 Å². The van der Waals surface area contributed by atoms with Gasteiger partial charge in [0, 0.05) is 29.7 Å². The number of likely N-dealkylation sites (N-methyl/N-ethyl adjacent to an activating group) is 1. The summed E-state index contributed by atoms with van der Waals surface area (Å²) in [6.07, 6.45) is 3.60. The number of nitrogens with one attached hydrogen (secondary N) is 1. The highest BCUT2D eigenvalue weighted by Crippen LogP contribution is 2.26. The Hall–Kier alpha value is -1.32. The Morgan fingerprint density at radius 3 is 3.00 bits per heavy atom. The number of fused-ring (bicyclic) bond motifs is 1. The van der Waals surface area contributed by atoms with E-state index in [1.165, 1.54) is 34.5 Å². The van der Waals surface area contributed by atoms with Crippen molar-refractivity contribution in [2.75, 3.05) is 18.9 Å². The maximum absolute atomic E-state index is 3.52. The fraction of sp³-hybridized carbons (Fsp3) is 0.444. The summed E-state index contributed by atoms with van der Waals surface area (Å²) in [6.45, 7) is 4.48. The molecule has 112 valence electrons. The van der Waals surface area contributed by atoms with Crippen molar-refractivity contribution in [2.24, 2.45) is 0 Å². The van der Waals surface area contributed by atoms with E-state index in [1.54, 1.807) is 0 Å². The van der Waals surface area contributed by atoms with Gasteiger partial charge in [-0.25, -0.2) is 0 Å². The molecule has 0 fully saturated rings. The van der Waals surface area contributed by atoms with E-state index in [4.69, 9.17) is 0 Å². The minimum Gasteiger partial charge on any atom is -0.385 e. The van der Waals surface area contributed by atoms with E-state index in [2.05, 4.69) is 59.9 Å². The van der Waals surface area contributed by atoms with Gasteiger partial charge >= 0.3 is 0 Å². The van der Waals surface area contributed by atoms with Gasteiger partial charge in [0.2, 0.25) is 0 Å². The molecular weight excluding hydrogens is 276 g/mol. The second-order valence-corrected chi connectivity index (χ2v) is 7.05. The third kappa shape index (κ3) is 3.47. The highest BCUT2D eigenvalue weighted by Gasteiger charge is 2.16. The van der Waals surface area contributed by atoms with Gasteiger partial charge in [-0.1, -0.05) is 18.2 Å². The standard InChI is InChI=1S/C18H24N2S/c1-14(12-16-7-5-11-21-16)20(2)13-15-6-3-9-18-17(15)8-4-10-19-18/h3,5-7,9,11,14,19H,4,8,10,12-13H2,1-2H3. The molecule has 1 unspecified atom stereocenters. The molecule has 1 aliphatic rings. The molecule has 3 heteroatoms. The number of hydrogen-bond acceptors (Lipinski definition) is 3. The molecule has 1 atom stereocenters. The van der Waals surface area contributed by atoms with Crippen LogP contribution in [0.25, 0.3) is 0 Å². The fourth-order valence-electron chi connectivity index (χ4n) is 3.03. The van der Waals surface area contributed by atoms with Crippen molar-refractivity contribution in [1.82, 2.24) is 4.90 Å². The summed E-state index contributed by atoms with van der Waals surface area (Å²) in [5.41, 5.74) is 4.36. The zero-order chi connectivity index (χ0) is 14.7. The van der Waals surface area contributed by atoms with Crippen LogP contribution in [-0.4, -0.2) is 24.5 Å². The van der Waals surface area contributed by atoms with Crippen LogP contribution in [0.15, 0.2) is 35.7 Å². The molecule has 1 aliphatic heterocycles. The van der Waals surface area contributed by atoms with Crippen molar-refractivity contribution in [3.63, 3.8) is 0 Å². The van der Waals surface area contributed by atoms with Crippen LogP contribution in [0, 0.1) is 0 Å². The fourth-order valence-corrected chi connectivity index (χ4v) is 3.86. The van der Waals surface area contributed by atoms with Crippen LogP contribution in [0.1, 0.15) is 29.3 Å². The third-order valence-electron chi connectivity index (χ3n) is 4.44. The third-order valence-corrected chi connectivity index (χ3v) is 5.34. The van der Waals surface area contributed by atoms with Crippen LogP contribution in [0.3, 0.4) is 0 Å². The quantitative estimate of drug-likeness (QED) is 0.891. The number of hydrogen-bond donors (Lipinski definition) is 1. The molecule has 0 aliphatic carbocycles. The topological polar surface area (TPSA) is 15.3 Å². The summed E-state index contributed by atoms with van der Waals surface area (Å²) in [6, 6.07) is 11.6. The normalized spacial score (nSPS) is 15.6. The van der Waals surface area contributed by atoms with Crippen LogP contribution < -0.4 is 5.32 Å². The summed E-state index contributed by atoms with van der Waals surface area (Å²) < 4.78 is 0. The molecular formula is C18H24N2S. The Morgan fingerprint density at radius 2 is 2.19 bits per heavy atom. The largest absolute Gasteiger partial charge is 0.385 e. The zero-order valence-corrected chi connectivity index (χ0v) is 13.7. The zero-order valence-electron chi connectivity index (χ0n) is 12.9. The van der Waals surface area contributed by atoms with Gasteiger partial charge in [-0.2, -0.15) is 0 Å². The lowest BCUT2D eigenvalue weighted by molar-refractivity contribution is 0.248. The van der Waals surface area contributed by atoms with Crippen molar-refractivity contribution < 1.29 is 0 Å². The van der Waals surface area contributed by atoms with Crippen LogP contribution in [-0.2, 0) is 19.4 Å². The first kappa shape index (κ1) is 14.6. The van der Waals surface area contributed by atoms with E-state index >= 15 is 0 Å². The molecule has 0 bridgehead atoms. The van der Waals surface area contributed by atoms with Gasteiger partial charge in [0.25, 0.3) is 0 Å². The van der Waals surface area contributed by atoms with Crippen LogP contribution in [0.5, 0.6) is 0 Å². The Kier molecular flexibility index (Phi) is 4.61. The van der Waals surface area contributed by atoms with Crippen molar-refractivity contribution in [3.8, 4) is 0 Å². The maximum atomic E-state index is 3.52. The highest BCUT2D eigenvalue weighted by molar-refractivity contribution is 7.09. The molecule has 1 aromatic carbocycles. The predicted octanol–water partition coefficient (Wildman–Crippen LogP) is 4.17. The molecule has 0 radical (unpaired) electrons. The second kappa shape index (κ2) is 6.63. The molecule has 0 saturated heterocycles. The maximum Gasteiger partial charge on any atom is 0.0375 e. The van der Waals surface area contributed by atoms with E-state index in [1.807, 2.05) is 11.3 Å². The summed E-state index contributed by atoms with van der Waals surface area (Å²) in [5.74, 6) is 0. The summed E-state index contributed by atoms with van der Waals surface area (Å²) in [4.78, 5) is 3.95. The molecule has 3 rings (SSSR count). The molecule has 2 aromatic rings. The molecule has 1 N–H and O–H groups in total. The van der Waals surface area contributed by atoms with E-state index in [0.29, 0.717) is 6.04 Å². The average molecular weight is 300 g/mol. The molecule has 0 saturated carbocycles.